The molecule has 13 heavy (non-hydrogen) atoms. The molecule has 0 saturated carbocycles. The normalized spacial score (nSPS) is 23.2. The van der Waals surface area contributed by atoms with Gasteiger partial charge >= 0.3 is 0 Å². The van der Waals surface area contributed by atoms with Crippen LogP contribution in [0.2, 0.25) is 0 Å². The predicted molar refractivity (Wildman–Crippen MR) is 52.5 cm³/mol. The van der Waals surface area contributed by atoms with Gasteiger partial charge in [0.25, 0.3) is 0 Å². The van der Waals surface area contributed by atoms with Gasteiger partial charge in [0.1, 0.15) is 5.82 Å². The number of aromatic nitrogens is 2. The smallest absolute Gasteiger partial charge is 0.123 e. The van der Waals surface area contributed by atoms with Crippen LogP contribution in [-0.4, -0.2) is 9.97 Å². The quantitative estimate of drug-likeness (QED) is 0.728. The number of imidazole rings is 1. The number of hydrogen-bond acceptors (Lipinski definition) is 2. The van der Waals surface area contributed by atoms with Crippen molar-refractivity contribution in [3.05, 3.63) is 17.2 Å². The van der Waals surface area contributed by atoms with E-state index in [0.717, 1.165) is 12.2 Å². The summed E-state index contributed by atoms with van der Waals surface area (Å²) in [5.74, 6) is 1.61. The molecule has 0 radical (unpaired) electrons. The van der Waals surface area contributed by atoms with Gasteiger partial charge in [-0.05, 0) is 26.2 Å². The molecule has 0 amide bonds. The Bertz CT molecular complexity index is 301. The van der Waals surface area contributed by atoms with E-state index in [0.29, 0.717) is 5.92 Å². The van der Waals surface area contributed by atoms with Gasteiger partial charge in [-0.3, -0.25) is 0 Å². The van der Waals surface area contributed by atoms with Crippen LogP contribution in [0.1, 0.15) is 55.9 Å². The van der Waals surface area contributed by atoms with Crippen molar-refractivity contribution in [2.75, 3.05) is 0 Å². The molecular formula is C10H17N3. The van der Waals surface area contributed by atoms with Crippen molar-refractivity contribution in [2.45, 2.75) is 45.1 Å². The molecule has 2 atom stereocenters. The van der Waals surface area contributed by atoms with E-state index in [1.807, 2.05) is 6.92 Å². The van der Waals surface area contributed by atoms with Gasteiger partial charge in [-0.2, -0.15) is 0 Å². The Hall–Kier alpha value is -0.830. The minimum absolute atomic E-state index is 0.0307. The van der Waals surface area contributed by atoms with Crippen molar-refractivity contribution in [2.24, 2.45) is 5.73 Å². The highest BCUT2D eigenvalue weighted by atomic mass is 15.0. The molecule has 3 N–H and O–H groups in total. The highest BCUT2D eigenvalue weighted by Crippen LogP contribution is 2.33. The van der Waals surface area contributed by atoms with Crippen LogP contribution in [0, 0.1) is 0 Å². The summed E-state index contributed by atoms with van der Waals surface area (Å²) in [6.07, 6.45) is 3.59. The van der Waals surface area contributed by atoms with Gasteiger partial charge in [-0.25, -0.2) is 4.98 Å². The van der Waals surface area contributed by atoms with Crippen molar-refractivity contribution in [3.8, 4) is 0 Å². The summed E-state index contributed by atoms with van der Waals surface area (Å²) >= 11 is 0. The summed E-state index contributed by atoms with van der Waals surface area (Å²) in [5.41, 5.74) is 8.36. The third kappa shape index (κ3) is 1.37. The van der Waals surface area contributed by atoms with Gasteiger partial charge in [0, 0.05) is 11.6 Å². The number of rotatable bonds is 2. The molecule has 1 aliphatic carbocycles. The third-order valence-corrected chi connectivity index (χ3v) is 2.88. The van der Waals surface area contributed by atoms with Gasteiger partial charge in [-0.15, -0.1) is 0 Å². The van der Waals surface area contributed by atoms with Crippen molar-refractivity contribution in [1.82, 2.24) is 9.97 Å². The number of aryl methyl sites for hydroxylation is 1. The lowest BCUT2D eigenvalue weighted by atomic mass is 10.1. The highest BCUT2D eigenvalue weighted by molar-refractivity contribution is 5.25. The van der Waals surface area contributed by atoms with E-state index in [2.05, 4.69) is 16.9 Å². The van der Waals surface area contributed by atoms with E-state index >= 15 is 0 Å². The number of H-pyrrole nitrogens is 1. The summed E-state index contributed by atoms with van der Waals surface area (Å²) in [5, 5.41) is 0. The second-order valence-electron chi connectivity index (χ2n) is 3.92. The third-order valence-electron chi connectivity index (χ3n) is 2.88. The fraction of sp³-hybridized carbons (Fsp3) is 0.700. The fourth-order valence-electron chi connectivity index (χ4n) is 2.04. The molecular weight excluding hydrogens is 162 g/mol. The topological polar surface area (TPSA) is 54.7 Å². The van der Waals surface area contributed by atoms with Gasteiger partial charge in [-0.1, -0.05) is 6.92 Å². The lowest BCUT2D eigenvalue weighted by Crippen LogP contribution is -2.07. The first-order valence-corrected chi connectivity index (χ1v) is 5.06. The summed E-state index contributed by atoms with van der Waals surface area (Å²) in [6.45, 7) is 4.19. The predicted octanol–water partition coefficient (Wildman–Crippen LogP) is 1.87. The SMILES string of the molecule is CCC1CCc2[nH]c(C(C)N)nc21. The lowest BCUT2D eigenvalue weighted by Gasteiger charge is -2.04. The maximum Gasteiger partial charge on any atom is 0.123 e. The average molecular weight is 179 g/mol. The molecule has 72 valence electrons. The Morgan fingerprint density at radius 3 is 3.08 bits per heavy atom. The minimum Gasteiger partial charge on any atom is -0.344 e. The maximum atomic E-state index is 5.77. The van der Waals surface area contributed by atoms with Crippen LogP contribution in [-0.2, 0) is 6.42 Å². The van der Waals surface area contributed by atoms with E-state index in [1.54, 1.807) is 0 Å². The molecule has 3 heteroatoms. The molecule has 1 aliphatic rings. The van der Waals surface area contributed by atoms with Crippen molar-refractivity contribution < 1.29 is 0 Å². The highest BCUT2D eigenvalue weighted by Gasteiger charge is 2.25. The number of nitrogens with two attached hydrogens (primary N) is 1. The number of fused-ring (bicyclic) bond motifs is 1. The first kappa shape index (κ1) is 8.75. The molecule has 0 aromatic carbocycles. The molecule has 0 saturated heterocycles. The van der Waals surface area contributed by atoms with E-state index < -0.39 is 0 Å². The van der Waals surface area contributed by atoms with Crippen molar-refractivity contribution >= 4 is 0 Å². The zero-order valence-electron chi connectivity index (χ0n) is 8.30. The van der Waals surface area contributed by atoms with E-state index in [4.69, 9.17) is 5.73 Å². The maximum absolute atomic E-state index is 5.77. The summed E-state index contributed by atoms with van der Waals surface area (Å²) in [7, 11) is 0. The Morgan fingerprint density at radius 1 is 1.69 bits per heavy atom. The van der Waals surface area contributed by atoms with Crippen LogP contribution >= 0.6 is 0 Å². The first-order chi connectivity index (χ1) is 6.22. The van der Waals surface area contributed by atoms with Crippen LogP contribution in [0.25, 0.3) is 0 Å². The van der Waals surface area contributed by atoms with Crippen LogP contribution < -0.4 is 5.73 Å². The summed E-state index contributed by atoms with van der Waals surface area (Å²) < 4.78 is 0. The monoisotopic (exact) mass is 179 g/mol. The number of nitrogens with zero attached hydrogens (tertiary/aromatic N) is 1. The second kappa shape index (κ2) is 3.14. The van der Waals surface area contributed by atoms with Crippen molar-refractivity contribution in [3.63, 3.8) is 0 Å². The Kier molecular flexibility index (Phi) is 2.12. The van der Waals surface area contributed by atoms with Crippen LogP contribution in [0.3, 0.4) is 0 Å². The Morgan fingerprint density at radius 2 is 2.46 bits per heavy atom. The zero-order chi connectivity index (χ0) is 9.42. The van der Waals surface area contributed by atoms with Gasteiger partial charge in [0.2, 0.25) is 0 Å². The average Bonchev–Trinajstić information content (AvgIpc) is 2.60. The van der Waals surface area contributed by atoms with Gasteiger partial charge in [0.15, 0.2) is 0 Å². The number of nitrogens with one attached hydrogen (secondary N) is 1. The Balaban J connectivity index is 2.31. The molecule has 0 fully saturated rings. The Labute approximate surface area is 78.7 Å². The number of aromatic amines is 1. The standard InChI is InChI=1S/C10H17N3/c1-3-7-4-5-8-9(7)13-10(12-8)6(2)11/h6-7H,3-5,11H2,1-2H3,(H,12,13). The second-order valence-corrected chi connectivity index (χ2v) is 3.92. The molecule has 3 nitrogen and oxygen atoms in total. The van der Waals surface area contributed by atoms with E-state index in [1.165, 1.54) is 24.2 Å². The largest absolute Gasteiger partial charge is 0.344 e. The summed E-state index contributed by atoms with van der Waals surface area (Å²) in [6, 6.07) is 0.0307. The van der Waals surface area contributed by atoms with Crippen LogP contribution in [0.15, 0.2) is 0 Å². The van der Waals surface area contributed by atoms with Crippen molar-refractivity contribution in [1.29, 1.82) is 0 Å². The molecule has 1 heterocycles. The first-order valence-electron chi connectivity index (χ1n) is 5.06. The summed E-state index contributed by atoms with van der Waals surface area (Å²) in [4.78, 5) is 7.88. The van der Waals surface area contributed by atoms with Gasteiger partial charge in [0.05, 0.1) is 11.7 Å². The van der Waals surface area contributed by atoms with E-state index in [-0.39, 0.29) is 6.04 Å². The molecule has 0 bridgehead atoms. The van der Waals surface area contributed by atoms with E-state index in [9.17, 15) is 0 Å². The molecule has 1 aromatic heterocycles. The molecule has 0 spiro atoms. The molecule has 0 aliphatic heterocycles. The molecule has 2 unspecified atom stereocenters. The van der Waals surface area contributed by atoms with Crippen LogP contribution in [0.5, 0.6) is 0 Å². The fourth-order valence-corrected chi connectivity index (χ4v) is 2.04. The van der Waals surface area contributed by atoms with Crippen LogP contribution in [0.4, 0.5) is 0 Å². The molecule has 1 aromatic rings. The number of hydrogen-bond donors (Lipinski definition) is 2. The lowest BCUT2D eigenvalue weighted by molar-refractivity contribution is 0.629. The minimum atomic E-state index is 0.0307. The van der Waals surface area contributed by atoms with Gasteiger partial charge < -0.3 is 10.7 Å². The zero-order valence-corrected chi connectivity index (χ0v) is 8.30. The molecule has 2 rings (SSSR count).